The lowest BCUT2D eigenvalue weighted by Crippen LogP contribution is -2.46. The number of carbonyl (C=O) groups is 2. The fourth-order valence-corrected chi connectivity index (χ4v) is 1.76. The molecule has 0 aliphatic carbocycles. The lowest BCUT2D eigenvalue weighted by atomic mass is 10.1. The number of hydrazine groups is 1. The number of nitrogens with two attached hydrogens (primary N) is 1. The van der Waals surface area contributed by atoms with Crippen molar-refractivity contribution >= 4 is 12.2 Å². The Balaban J connectivity index is 2.51. The van der Waals surface area contributed by atoms with Gasteiger partial charge in [0.05, 0.1) is 0 Å². The first-order chi connectivity index (χ1) is 8.69. The van der Waals surface area contributed by atoms with Crippen LogP contribution in [0.25, 0.3) is 0 Å². The summed E-state index contributed by atoms with van der Waals surface area (Å²) in [6.07, 6.45) is 3.15. The van der Waals surface area contributed by atoms with E-state index in [0.717, 1.165) is 29.7 Å². The highest BCUT2D eigenvalue weighted by atomic mass is 16.2. The molecule has 0 aliphatic rings. The summed E-state index contributed by atoms with van der Waals surface area (Å²) >= 11 is 0. The van der Waals surface area contributed by atoms with Crippen molar-refractivity contribution in [2.24, 2.45) is 5.84 Å². The van der Waals surface area contributed by atoms with E-state index < -0.39 is 6.04 Å². The van der Waals surface area contributed by atoms with Gasteiger partial charge in [-0.15, -0.1) is 0 Å². The molecular weight excluding hydrogens is 228 g/mol. The highest BCUT2D eigenvalue weighted by Gasteiger charge is 2.19. The maximum atomic E-state index is 11.6. The molecule has 0 saturated carbocycles. The minimum atomic E-state index is -0.538. The average molecular weight is 248 g/mol. The molecule has 1 aromatic carbocycles. The van der Waals surface area contributed by atoms with E-state index in [4.69, 9.17) is 5.84 Å². The second-order valence-corrected chi connectivity index (χ2v) is 4.28. The molecule has 0 saturated heterocycles. The Kier molecular flexibility index (Phi) is 6.08. The molecule has 0 aromatic heterocycles. The number of amides is 1. The quantitative estimate of drug-likeness (QED) is 0.345. The summed E-state index contributed by atoms with van der Waals surface area (Å²) in [6.45, 7) is 1.91. The molecule has 0 aliphatic heterocycles. The second kappa shape index (κ2) is 7.61. The Morgan fingerprint density at radius 1 is 1.39 bits per heavy atom. The number of nitrogens with zero attached hydrogens (tertiary/aromatic N) is 1. The number of carbonyl (C=O) groups excluding carboxylic acids is 2. The van der Waals surface area contributed by atoms with Gasteiger partial charge in [-0.25, -0.2) is 5.84 Å². The van der Waals surface area contributed by atoms with Gasteiger partial charge in [0.25, 0.3) is 0 Å². The van der Waals surface area contributed by atoms with E-state index in [1.54, 1.807) is 0 Å². The fourth-order valence-electron chi connectivity index (χ4n) is 1.76. The molecule has 0 spiro atoms. The van der Waals surface area contributed by atoms with Gasteiger partial charge in [-0.3, -0.25) is 9.80 Å². The lowest BCUT2D eigenvalue weighted by molar-refractivity contribution is -0.136. The maximum absolute atomic E-state index is 11.6. The standard InChI is InChI=1S/C14H20N2O2/c1-2-6-14(18)16(15)13(11-17)10-9-12-7-4-3-5-8-12/h3-5,7-8,11,13H,2,6,9-10,15H2,1H3. The van der Waals surface area contributed by atoms with E-state index in [1.807, 2.05) is 37.3 Å². The van der Waals surface area contributed by atoms with Crippen LogP contribution in [0.4, 0.5) is 0 Å². The van der Waals surface area contributed by atoms with Crippen molar-refractivity contribution in [2.45, 2.75) is 38.6 Å². The molecule has 0 bridgehead atoms. The van der Waals surface area contributed by atoms with Crippen LogP contribution in [0.3, 0.4) is 0 Å². The van der Waals surface area contributed by atoms with Gasteiger partial charge < -0.3 is 4.79 Å². The largest absolute Gasteiger partial charge is 0.301 e. The Hall–Kier alpha value is -1.68. The molecule has 0 fully saturated rings. The summed E-state index contributed by atoms with van der Waals surface area (Å²) in [7, 11) is 0. The summed E-state index contributed by atoms with van der Waals surface area (Å²) in [4.78, 5) is 22.6. The molecule has 1 aromatic rings. The van der Waals surface area contributed by atoms with E-state index >= 15 is 0 Å². The third-order valence-corrected chi connectivity index (χ3v) is 2.84. The molecule has 4 nitrogen and oxygen atoms in total. The number of aryl methyl sites for hydroxylation is 1. The summed E-state index contributed by atoms with van der Waals surface area (Å²) in [5, 5.41) is 1.07. The van der Waals surface area contributed by atoms with E-state index in [0.29, 0.717) is 12.8 Å². The van der Waals surface area contributed by atoms with Crippen LogP contribution in [-0.4, -0.2) is 23.2 Å². The molecule has 0 radical (unpaired) electrons. The highest BCUT2D eigenvalue weighted by Crippen LogP contribution is 2.08. The predicted octanol–water partition coefficient (Wildman–Crippen LogP) is 1.69. The zero-order valence-electron chi connectivity index (χ0n) is 10.7. The molecule has 2 N–H and O–H groups in total. The molecule has 0 heterocycles. The third kappa shape index (κ3) is 4.30. The van der Waals surface area contributed by atoms with E-state index in [1.165, 1.54) is 0 Å². The van der Waals surface area contributed by atoms with Crippen molar-refractivity contribution in [1.29, 1.82) is 0 Å². The highest BCUT2D eigenvalue weighted by molar-refractivity contribution is 5.79. The van der Waals surface area contributed by atoms with Crippen LogP contribution in [0, 0.1) is 0 Å². The van der Waals surface area contributed by atoms with Crippen LogP contribution in [0.1, 0.15) is 31.7 Å². The normalized spacial score (nSPS) is 11.9. The Bertz CT molecular complexity index is 379. The molecule has 98 valence electrons. The van der Waals surface area contributed by atoms with Crippen LogP contribution < -0.4 is 5.84 Å². The second-order valence-electron chi connectivity index (χ2n) is 4.28. The average Bonchev–Trinajstić information content (AvgIpc) is 2.40. The number of rotatable bonds is 7. The predicted molar refractivity (Wildman–Crippen MR) is 70.6 cm³/mol. The minimum absolute atomic E-state index is 0.178. The lowest BCUT2D eigenvalue weighted by Gasteiger charge is -2.23. The van der Waals surface area contributed by atoms with Gasteiger partial charge in [-0.1, -0.05) is 37.3 Å². The van der Waals surface area contributed by atoms with Gasteiger partial charge >= 0.3 is 0 Å². The van der Waals surface area contributed by atoms with Crippen molar-refractivity contribution in [2.75, 3.05) is 0 Å². The number of benzene rings is 1. The number of hydrogen-bond donors (Lipinski definition) is 1. The van der Waals surface area contributed by atoms with Crippen molar-refractivity contribution in [3.63, 3.8) is 0 Å². The SMILES string of the molecule is CCCC(=O)N(N)C(C=O)CCc1ccccc1. The Morgan fingerprint density at radius 3 is 2.61 bits per heavy atom. The van der Waals surface area contributed by atoms with Crippen molar-refractivity contribution in [3.05, 3.63) is 35.9 Å². The Morgan fingerprint density at radius 2 is 2.06 bits per heavy atom. The molecule has 1 unspecified atom stereocenters. The summed E-state index contributed by atoms with van der Waals surface area (Å²) < 4.78 is 0. The van der Waals surface area contributed by atoms with E-state index in [2.05, 4.69) is 0 Å². The molecule has 18 heavy (non-hydrogen) atoms. The van der Waals surface area contributed by atoms with Crippen molar-refractivity contribution in [1.82, 2.24) is 5.01 Å². The van der Waals surface area contributed by atoms with Gasteiger partial charge in [-0.2, -0.15) is 0 Å². The van der Waals surface area contributed by atoms with Gasteiger partial charge in [0.15, 0.2) is 0 Å². The van der Waals surface area contributed by atoms with Gasteiger partial charge in [0, 0.05) is 6.42 Å². The number of aldehydes is 1. The third-order valence-electron chi connectivity index (χ3n) is 2.84. The van der Waals surface area contributed by atoms with Crippen LogP contribution in [0.2, 0.25) is 0 Å². The minimum Gasteiger partial charge on any atom is -0.301 e. The Labute approximate surface area is 108 Å². The molecule has 1 rings (SSSR count). The van der Waals surface area contributed by atoms with Crippen molar-refractivity contribution in [3.8, 4) is 0 Å². The van der Waals surface area contributed by atoms with Crippen molar-refractivity contribution < 1.29 is 9.59 Å². The first kappa shape index (κ1) is 14.4. The molecular formula is C14H20N2O2. The first-order valence-corrected chi connectivity index (χ1v) is 6.25. The summed E-state index contributed by atoms with van der Waals surface area (Å²) in [6, 6.07) is 9.30. The maximum Gasteiger partial charge on any atom is 0.237 e. The van der Waals surface area contributed by atoms with Crippen LogP contribution in [0.5, 0.6) is 0 Å². The topological polar surface area (TPSA) is 63.4 Å². The van der Waals surface area contributed by atoms with Crippen LogP contribution in [-0.2, 0) is 16.0 Å². The van der Waals surface area contributed by atoms with Gasteiger partial charge in [0.1, 0.15) is 12.3 Å². The molecule has 1 amide bonds. The first-order valence-electron chi connectivity index (χ1n) is 6.25. The van der Waals surface area contributed by atoms with Crippen LogP contribution in [0.15, 0.2) is 30.3 Å². The van der Waals surface area contributed by atoms with E-state index in [9.17, 15) is 9.59 Å². The molecule has 4 heteroatoms. The summed E-state index contributed by atoms with van der Waals surface area (Å²) in [5.74, 6) is 5.50. The van der Waals surface area contributed by atoms with Gasteiger partial charge in [0.2, 0.25) is 5.91 Å². The molecule has 1 atom stereocenters. The monoisotopic (exact) mass is 248 g/mol. The smallest absolute Gasteiger partial charge is 0.237 e. The number of hydrogen-bond acceptors (Lipinski definition) is 3. The zero-order valence-corrected chi connectivity index (χ0v) is 10.7. The zero-order chi connectivity index (χ0) is 13.4. The van der Waals surface area contributed by atoms with E-state index in [-0.39, 0.29) is 5.91 Å². The summed E-state index contributed by atoms with van der Waals surface area (Å²) in [5.41, 5.74) is 1.14. The van der Waals surface area contributed by atoms with Gasteiger partial charge in [-0.05, 0) is 24.8 Å². The fraction of sp³-hybridized carbons (Fsp3) is 0.429. The van der Waals surface area contributed by atoms with Crippen LogP contribution >= 0.6 is 0 Å².